The lowest BCUT2D eigenvalue weighted by atomic mass is 10.1. The van der Waals surface area contributed by atoms with Gasteiger partial charge in [-0.2, -0.15) is 5.11 Å². The average Bonchev–Trinajstić information content (AvgIpc) is 3.20. The molecular formula is C20H18ClN5O3. The van der Waals surface area contributed by atoms with Crippen LogP contribution in [0.1, 0.15) is 11.1 Å². The molecule has 3 amide bonds. The van der Waals surface area contributed by atoms with Gasteiger partial charge in [-0.15, -0.1) is 0 Å². The highest BCUT2D eigenvalue weighted by molar-refractivity contribution is 6.32. The first kappa shape index (κ1) is 19.1. The summed E-state index contributed by atoms with van der Waals surface area (Å²) in [6.45, 7) is 3.59. The van der Waals surface area contributed by atoms with Crippen molar-refractivity contribution in [3.63, 3.8) is 0 Å². The minimum Gasteiger partial charge on any atom is -0.324 e. The quantitative estimate of drug-likeness (QED) is 0.782. The van der Waals surface area contributed by atoms with E-state index in [9.17, 15) is 14.4 Å². The van der Waals surface area contributed by atoms with Crippen molar-refractivity contribution in [2.24, 2.45) is 10.3 Å². The van der Waals surface area contributed by atoms with E-state index in [1.807, 2.05) is 26.0 Å². The number of rotatable bonds is 4. The van der Waals surface area contributed by atoms with E-state index in [2.05, 4.69) is 15.7 Å². The van der Waals surface area contributed by atoms with Gasteiger partial charge in [-0.3, -0.25) is 19.4 Å². The normalized spacial score (nSPS) is 20.4. The Balaban J connectivity index is 1.49. The lowest BCUT2D eigenvalue weighted by Crippen LogP contribution is -2.43. The Bertz CT molecular complexity index is 1040. The Morgan fingerprint density at radius 3 is 2.52 bits per heavy atom. The van der Waals surface area contributed by atoms with Crippen LogP contribution in [0.3, 0.4) is 0 Å². The zero-order chi connectivity index (χ0) is 20.7. The van der Waals surface area contributed by atoms with Gasteiger partial charge in [-0.1, -0.05) is 40.6 Å². The van der Waals surface area contributed by atoms with Crippen molar-refractivity contribution in [1.82, 2.24) is 5.01 Å². The molecule has 4 rings (SSSR count). The number of carbonyl (C=O) groups is 3. The number of aryl methyl sites for hydroxylation is 2. The van der Waals surface area contributed by atoms with Crippen LogP contribution in [0.15, 0.2) is 52.8 Å². The minimum atomic E-state index is -0.963. The van der Waals surface area contributed by atoms with Crippen LogP contribution in [0.4, 0.5) is 11.4 Å². The monoisotopic (exact) mass is 411 g/mol. The number of anilines is 2. The molecule has 9 heteroatoms. The molecule has 8 nitrogen and oxygen atoms in total. The molecule has 1 N–H and O–H groups in total. The first-order chi connectivity index (χ1) is 13.8. The summed E-state index contributed by atoms with van der Waals surface area (Å²) in [7, 11) is 0. The second kappa shape index (κ2) is 7.29. The molecule has 2 aliphatic heterocycles. The number of nitrogens with zero attached hydrogens (tertiary/aromatic N) is 4. The number of benzene rings is 2. The number of halogens is 1. The lowest BCUT2D eigenvalue weighted by Gasteiger charge is -2.20. The standard InChI is InChI=1S/C20H18ClN5O3/c1-11-3-6-13(7-4-11)22-16(27)10-25-18-17(23-24-25)19(28)26(20(18)29)14-8-5-12(2)15(21)9-14/h3-9,17-18H,10H2,1-2H3,(H,22,27)/t17-,18+/m1/s1. The Labute approximate surface area is 172 Å². The van der Waals surface area contributed by atoms with Crippen LogP contribution in [-0.2, 0) is 14.4 Å². The Hall–Kier alpha value is -3.26. The van der Waals surface area contributed by atoms with Crippen LogP contribution >= 0.6 is 11.6 Å². The molecule has 0 spiro atoms. The molecule has 2 aliphatic rings. The number of imide groups is 1. The summed E-state index contributed by atoms with van der Waals surface area (Å²) in [6, 6.07) is 10.4. The number of hydrogen-bond donors (Lipinski definition) is 1. The van der Waals surface area contributed by atoms with Crippen molar-refractivity contribution in [2.45, 2.75) is 25.9 Å². The fourth-order valence-electron chi connectivity index (χ4n) is 3.31. The van der Waals surface area contributed by atoms with E-state index in [0.717, 1.165) is 16.0 Å². The SMILES string of the molecule is Cc1ccc(NC(=O)CN2N=N[C@H]3C(=O)N(c4ccc(C)c(Cl)c4)C(=O)[C@H]32)cc1. The molecule has 2 atom stereocenters. The molecular weight excluding hydrogens is 394 g/mol. The van der Waals surface area contributed by atoms with Crippen molar-refractivity contribution < 1.29 is 14.4 Å². The molecule has 0 bridgehead atoms. The first-order valence-electron chi connectivity index (χ1n) is 9.03. The fraction of sp³-hybridized carbons (Fsp3) is 0.250. The zero-order valence-electron chi connectivity index (χ0n) is 15.8. The van der Waals surface area contributed by atoms with E-state index in [1.165, 1.54) is 5.01 Å². The predicted octanol–water partition coefficient (Wildman–Crippen LogP) is 2.89. The Morgan fingerprint density at radius 1 is 1.10 bits per heavy atom. The highest BCUT2D eigenvalue weighted by atomic mass is 35.5. The fourth-order valence-corrected chi connectivity index (χ4v) is 3.49. The van der Waals surface area contributed by atoms with Crippen molar-refractivity contribution in [3.05, 3.63) is 58.6 Å². The Morgan fingerprint density at radius 2 is 1.83 bits per heavy atom. The summed E-state index contributed by atoms with van der Waals surface area (Å²) in [4.78, 5) is 39.1. The van der Waals surface area contributed by atoms with Gasteiger partial charge in [0.2, 0.25) is 5.91 Å². The molecule has 0 aromatic heterocycles. The maximum atomic E-state index is 13.0. The van der Waals surface area contributed by atoms with E-state index >= 15 is 0 Å². The molecule has 29 heavy (non-hydrogen) atoms. The third-order valence-corrected chi connectivity index (χ3v) is 5.32. The van der Waals surface area contributed by atoms with Gasteiger partial charge in [0.1, 0.15) is 6.54 Å². The lowest BCUT2D eigenvalue weighted by molar-refractivity contribution is -0.123. The van der Waals surface area contributed by atoms with Crippen LogP contribution in [0.5, 0.6) is 0 Å². The largest absolute Gasteiger partial charge is 0.324 e. The van der Waals surface area contributed by atoms with E-state index in [-0.39, 0.29) is 12.5 Å². The summed E-state index contributed by atoms with van der Waals surface area (Å²) in [5.41, 5.74) is 2.93. The first-order valence-corrected chi connectivity index (χ1v) is 9.41. The third kappa shape index (κ3) is 3.47. The van der Waals surface area contributed by atoms with Gasteiger partial charge < -0.3 is 5.32 Å². The second-order valence-electron chi connectivity index (χ2n) is 7.05. The molecule has 0 radical (unpaired) electrons. The van der Waals surface area contributed by atoms with E-state index in [1.54, 1.807) is 30.3 Å². The smallest absolute Gasteiger partial charge is 0.263 e. The highest BCUT2D eigenvalue weighted by Crippen LogP contribution is 2.33. The third-order valence-electron chi connectivity index (χ3n) is 4.91. The van der Waals surface area contributed by atoms with Crippen molar-refractivity contribution in [1.29, 1.82) is 0 Å². The Kier molecular flexibility index (Phi) is 4.79. The molecule has 148 valence electrons. The summed E-state index contributed by atoms with van der Waals surface area (Å²) in [5, 5.41) is 12.3. The van der Waals surface area contributed by atoms with Crippen LogP contribution in [0.25, 0.3) is 0 Å². The van der Waals surface area contributed by atoms with Gasteiger partial charge in [-0.25, -0.2) is 4.90 Å². The molecule has 1 fully saturated rings. The van der Waals surface area contributed by atoms with Gasteiger partial charge in [0, 0.05) is 10.7 Å². The molecule has 2 aromatic rings. The summed E-state index contributed by atoms with van der Waals surface area (Å²) in [5.74, 6) is -1.32. The summed E-state index contributed by atoms with van der Waals surface area (Å²) < 4.78 is 0. The number of carbonyl (C=O) groups excluding carboxylic acids is 3. The van der Waals surface area contributed by atoms with Crippen molar-refractivity contribution in [3.8, 4) is 0 Å². The topological polar surface area (TPSA) is 94.4 Å². The minimum absolute atomic E-state index is 0.194. The molecule has 0 aliphatic carbocycles. The van der Waals surface area contributed by atoms with Crippen LogP contribution in [0, 0.1) is 13.8 Å². The van der Waals surface area contributed by atoms with E-state index in [0.29, 0.717) is 16.4 Å². The number of hydrogen-bond acceptors (Lipinski definition) is 6. The molecule has 0 unspecified atom stereocenters. The summed E-state index contributed by atoms with van der Waals surface area (Å²) in [6.07, 6.45) is 0. The maximum absolute atomic E-state index is 13.0. The van der Waals surface area contributed by atoms with E-state index < -0.39 is 23.9 Å². The van der Waals surface area contributed by atoms with Gasteiger partial charge in [0.15, 0.2) is 12.1 Å². The van der Waals surface area contributed by atoms with Gasteiger partial charge in [0.05, 0.1) is 5.69 Å². The van der Waals surface area contributed by atoms with Gasteiger partial charge >= 0.3 is 0 Å². The highest BCUT2D eigenvalue weighted by Gasteiger charge is 2.55. The maximum Gasteiger partial charge on any atom is 0.263 e. The summed E-state index contributed by atoms with van der Waals surface area (Å²) >= 11 is 6.14. The van der Waals surface area contributed by atoms with Gasteiger partial charge in [-0.05, 0) is 43.7 Å². The molecule has 0 saturated carbocycles. The molecule has 2 heterocycles. The predicted molar refractivity (Wildman–Crippen MR) is 108 cm³/mol. The van der Waals surface area contributed by atoms with E-state index in [4.69, 9.17) is 11.6 Å². The van der Waals surface area contributed by atoms with Crippen molar-refractivity contribution in [2.75, 3.05) is 16.8 Å². The van der Waals surface area contributed by atoms with Gasteiger partial charge in [0.25, 0.3) is 11.8 Å². The number of nitrogens with one attached hydrogen (secondary N) is 1. The van der Waals surface area contributed by atoms with Crippen LogP contribution in [0.2, 0.25) is 5.02 Å². The molecule has 2 aromatic carbocycles. The van der Waals surface area contributed by atoms with Crippen LogP contribution < -0.4 is 10.2 Å². The van der Waals surface area contributed by atoms with Crippen LogP contribution in [-0.4, -0.2) is 41.4 Å². The number of amides is 3. The second-order valence-corrected chi connectivity index (χ2v) is 7.46. The average molecular weight is 412 g/mol. The van der Waals surface area contributed by atoms with Crippen molar-refractivity contribution >= 4 is 40.7 Å². The zero-order valence-corrected chi connectivity index (χ0v) is 16.6. The molecule has 1 saturated heterocycles. The number of fused-ring (bicyclic) bond motifs is 1.